The maximum atomic E-state index is 13.6. The smallest absolute Gasteiger partial charge is 0.337 e. The summed E-state index contributed by atoms with van der Waals surface area (Å²) in [5.74, 6) is -3.24. The Bertz CT molecular complexity index is 1150. The van der Waals surface area contributed by atoms with E-state index >= 15 is 0 Å². The van der Waals surface area contributed by atoms with Gasteiger partial charge in [-0.05, 0) is 47.9 Å². The second-order valence-electron chi connectivity index (χ2n) is 7.77. The molecule has 1 fully saturated rings. The Balaban J connectivity index is 1.54. The van der Waals surface area contributed by atoms with E-state index in [4.69, 9.17) is 0 Å². The summed E-state index contributed by atoms with van der Waals surface area (Å²) in [5, 5.41) is 4.08. The van der Waals surface area contributed by atoms with E-state index in [0.717, 1.165) is 24.3 Å². The molecular weight excluding hydrogens is 446 g/mol. The van der Waals surface area contributed by atoms with Crippen molar-refractivity contribution in [1.82, 2.24) is 15.5 Å². The van der Waals surface area contributed by atoms with Gasteiger partial charge in [0, 0.05) is 24.1 Å². The number of fused-ring (bicyclic) bond motifs is 1. The average Bonchev–Trinajstić information content (AvgIpc) is 3.07. The lowest BCUT2D eigenvalue weighted by atomic mass is 10.0. The number of carbonyl (C=O) groups is 4. The predicted octanol–water partition coefficient (Wildman–Crippen LogP) is 2.62. The second-order valence-corrected chi connectivity index (χ2v) is 7.77. The minimum atomic E-state index is -4.83. The number of benzene rings is 2. The van der Waals surface area contributed by atoms with E-state index in [1.165, 1.54) is 23.1 Å². The minimum absolute atomic E-state index is 0.0256. The van der Waals surface area contributed by atoms with Gasteiger partial charge in [-0.1, -0.05) is 12.1 Å². The third-order valence-corrected chi connectivity index (χ3v) is 5.59. The molecule has 0 saturated carbocycles. The standard InChI is InChI=1S/C22H17F4N3O4/c23-14-4-1-11(2-5-14)18(22(24,25)26)28-19(31)12-3-6-15-13(9-12)10-29(21(15)33)16-7-8-17(30)27-20(16)32/h1-6,9,16,18H,7-8,10H2,(H,28,31)(H,27,30,32)/t16-,18+/m0/s1. The SMILES string of the molecule is O=C1CC[C@H](N2Cc3cc(C(=O)N[C@H](c4ccc(F)cc4)C(F)(F)F)ccc3C2=O)C(=O)N1. The Morgan fingerprint density at radius 1 is 1.09 bits per heavy atom. The second kappa shape index (κ2) is 8.30. The first-order valence-electron chi connectivity index (χ1n) is 9.95. The number of halogens is 4. The third-order valence-electron chi connectivity index (χ3n) is 5.59. The number of alkyl halides is 3. The van der Waals surface area contributed by atoms with Crippen molar-refractivity contribution in [1.29, 1.82) is 0 Å². The molecule has 2 heterocycles. The lowest BCUT2D eigenvalue weighted by Crippen LogP contribution is -2.52. The highest BCUT2D eigenvalue weighted by molar-refractivity contribution is 6.06. The zero-order valence-corrected chi connectivity index (χ0v) is 16.9. The summed E-state index contributed by atoms with van der Waals surface area (Å²) in [7, 11) is 0. The summed E-state index contributed by atoms with van der Waals surface area (Å²) >= 11 is 0. The fourth-order valence-electron chi connectivity index (χ4n) is 3.94. The molecule has 11 heteroatoms. The highest BCUT2D eigenvalue weighted by Gasteiger charge is 2.43. The van der Waals surface area contributed by atoms with Gasteiger partial charge in [0.2, 0.25) is 11.8 Å². The lowest BCUT2D eigenvalue weighted by molar-refractivity contribution is -0.155. The van der Waals surface area contributed by atoms with Gasteiger partial charge in [-0.15, -0.1) is 0 Å². The van der Waals surface area contributed by atoms with Crippen molar-refractivity contribution in [2.24, 2.45) is 0 Å². The molecule has 0 aliphatic carbocycles. The van der Waals surface area contributed by atoms with Crippen LogP contribution < -0.4 is 10.6 Å². The van der Waals surface area contributed by atoms with Gasteiger partial charge >= 0.3 is 6.18 Å². The van der Waals surface area contributed by atoms with Gasteiger partial charge in [0.1, 0.15) is 11.9 Å². The molecule has 0 aromatic heterocycles. The maximum absolute atomic E-state index is 13.6. The van der Waals surface area contributed by atoms with Gasteiger partial charge in [-0.3, -0.25) is 24.5 Å². The van der Waals surface area contributed by atoms with Gasteiger partial charge in [-0.2, -0.15) is 13.2 Å². The number of rotatable bonds is 4. The van der Waals surface area contributed by atoms with Crippen molar-refractivity contribution >= 4 is 23.6 Å². The van der Waals surface area contributed by atoms with Crippen LogP contribution in [0.5, 0.6) is 0 Å². The van der Waals surface area contributed by atoms with E-state index in [0.29, 0.717) is 5.56 Å². The Kier molecular flexibility index (Phi) is 5.64. The molecule has 2 atom stereocenters. The van der Waals surface area contributed by atoms with Crippen LogP contribution in [0.1, 0.15) is 50.7 Å². The van der Waals surface area contributed by atoms with E-state index in [1.807, 2.05) is 5.32 Å². The fraction of sp³-hybridized carbons (Fsp3) is 0.273. The number of amides is 4. The van der Waals surface area contributed by atoms with Crippen molar-refractivity contribution in [3.63, 3.8) is 0 Å². The summed E-state index contributed by atoms with van der Waals surface area (Å²) in [6, 6.07) is 4.23. The molecule has 0 radical (unpaired) electrons. The predicted molar refractivity (Wildman–Crippen MR) is 105 cm³/mol. The molecule has 33 heavy (non-hydrogen) atoms. The topological polar surface area (TPSA) is 95.6 Å². The first-order chi connectivity index (χ1) is 15.5. The zero-order chi connectivity index (χ0) is 23.9. The lowest BCUT2D eigenvalue weighted by Gasteiger charge is -2.29. The van der Waals surface area contributed by atoms with Crippen LogP contribution >= 0.6 is 0 Å². The Labute approximate surface area is 184 Å². The number of hydrogen-bond donors (Lipinski definition) is 2. The van der Waals surface area contributed by atoms with Crippen LogP contribution in [0.4, 0.5) is 17.6 Å². The molecule has 0 bridgehead atoms. The molecule has 0 spiro atoms. The Hall–Kier alpha value is -3.76. The largest absolute Gasteiger partial charge is 0.412 e. The summed E-state index contributed by atoms with van der Waals surface area (Å²) in [6.45, 7) is -0.0256. The molecule has 2 aliphatic heterocycles. The molecule has 7 nitrogen and oxygen atoms in total. The van der Waals surface area contributed by atoms with E-state index < -0.39 is 47.7 Å². The zero-order valence-electron chi connectivity index (χ0n) is 16.9. The molecule has 172 valence electrons. The molecule has 1 saturated heterocycles. The number of nitrogens with one attached hydrogen (secondary N) is 2. The number of hydrogen-bond acceptors (Lipinski definition) is 4. The number of nitrogens with zero attached hydrogens (tertiary/aromatic N) is 1. The third kappa shape index (κ3) is 4.43. The average molecular weight is 463 g/mol. The monoisotopic (exact) mass is 463 g/mol. The fourth-order valence-corrected chi connectivity index (χ4v) is 3.94. The van der Waals surface area contributed by atoms with Gasteiger partial charge in [0.25, 0.3) is 11.8 Å². The highest BCUT2D eigenvalue weighted by Crippen LogP contribution is 2.33. The molecule has 2 aliphatic rings. The van der Waals surface area contributed by atoms with Crippen LogP contribution in [0, 0.1) is 5.82 Å². The van der Waals surface area contributed by atoms with Crippen LogP contribution in [0.2, 0.25) is 0 Å². The van der Waals surface area contributed by atoms with Crippen molar-refractivity contribution in [3.05, 3.63) is 70.5 Å². The Morgan fingerprint density at radius 2 is 1.79 bits per heavy atom. The molecule has 2 aromatic carbocycles. The van der Waals surface area contributed by atoms with Crippen molar-refractivity contribution < 1.29 is 36.7 Å². The number of carbonyl (C=O) groups excluding carboxylic acids is 4. The van der Waals surface area contributed by atoms with E-state index in [9.17, 15) is 36.7 Å². The molecule has 2 N–H and O–H groups in total. The minimum Gasteiger partial charge on any atom is -0.337 e. The number of imide groups is 1. The normalized spacial score (nSPS) is 19.2. The summed E-state index contributed by atoms with van der Waals surface area (Å²) in [5.41, 5.74) is 0.158. The summed E-state index contributed by atoms with van der Waals surface area (Å²) in [4.78, 5) is 50.1. The molecule has 4 rings (SSSR count). The van der Waals surface area contributed by atoms with Crippen molar-refractivity contribution in [2.75, 3.05) is 0 Å². The van der Waals surface area contributed by atoms with Gasteiger partial charge < -0.3 is 10.2 Å². The number of piperidine rings is 1. The summed E-state index contributed by atoms with van der Waals surface area (Å²) in [6.07, 6.45) is -4.60. The quantitative estimate of drug-likeness (QED) is 0.538. The van der Waals surface area contributed by atoms with Crippen molar-refractivity contribution in [3.8, 4) is 0 Å². The molecule has 2 aromatic rings. The first kappa shape index (κ1) is 22.4. The van der Waals surface area contributed by atoms with E-state index in [1.54, 1.807) is 0 Å². The first-order valence-corrected chi connectivity index (χ1v) is 9.95. The molecule has 4 amide bonds. The van der Waals surface area contributed by atoms with Crippen LogP contribution in [0.15, 0.2) is 42.5 Å². The van der Waals surface area contributed by atoms with Crippen molar-refractivity contribution in [2.45, 2.75) is 37.6 Å². The molecule has 0 unspecified atom stereocenters. The summed E-state index contributed by atoms with van der Waals surface area (Å²) < 4.78 is 53.8. The Morgan fingerprint density at radius 3 is 2.42 bits per heavy atom. The highest BCUT2D eigenvalue weighted by atomic mass is 19.4. The van der Waals surface area contributed by atoms with E-state index in [-0.39, 0.29) is 36.1 Å². The van der Waals surface area contributed by atoms with Crippen LogP contribution in [0.25, 0.3) is 0 Å². The van der Waals surface area contributed by atoms with E-state index in [2.05, 4.69) is 5.32 Å². The van der Waals surface area contributed by atoms with Gasteiger partial charge in [-0.25, -0.2) is 4.39 Å². The van der Waals surface area contributed by atoms with Crippen LogP contribution in [-0.2, 0) is 16.1 Å². The molecular formula is C22H17F4N3O4. The maximum Gasteiger partial charge on any atom is 0.412 e. The van der Waals surface area contributed by atoms with Crippen LogP contribution in [-0.4, -0.2) is 40.7 Å². The van der Waals surface area contributed by atoms with Gasteiger partial charge in [0.05, 0.1) is 0 Å². The van der Waals surface area contributed by atoms with Crippen LogP contribution in [0.3, 0.4) is 0 Å². The van der Waals surface area contributed by atoms with Gasteiger partial charge in [0.15, 0.2) is 6.04 Å².